The predicted molar refractivity (Wildman–Crippen MR) is 99.4 cm³/mol. The first-order valence-electron chi connectivity index (χ1n) is 8.45. The Hall–Kier alpha value is -3.75. The van der Waals surface area contributed by atoms with Crippen LogP contribution in [-0.4, -0.2) is 33.2 Å². The van der Waals surface area contributed by atoms with Gasteiger partial charge in [0.25, 0.3) is 5.89 Å². The molecule has 0 aliphatic rings. The highest BCUT2D eigenvalue weighted by atomic mass is 19.1. The van der Waals surface area contributed by atoms with E-state index in [-0.39, 0.29) is 17.6 Å². The number of hydrogen-bond acceptors (Lipinski definition) is 6. The number of methoxy groups -OCH3 is 1. The van der Waals surface area contributed by atoms with Crippen molar-refractivity contribution >= 4 is 22.9 Å². The third-order valence-corrected chi connectivity index (χ3v) is 4.07. The third kappa shape index (κ3) is 3.41. The number of rotatable bonds is 5. The Balaban J connectivity index is 1.67. The molecular weight excluding hydrogens is 365 g/mol. The SMILES string of the molecule is COc1c(-c2nnc(Cc3ccc(F)cc3)o2)ccc2[nH]c(NC(C)=O)nc12. The van der Waals surface area contributed by atoms with Crippen LogP contribution in [0.2, 0.25) is 0 Å². The number of fused-ring (bicyclic) bond motifs is 1. The summed E-state index contributed by atoms with van der Waals surface area (Å²) in [5.41, 5.74) is 2.65. The van der Waals surface area contributed by atoms with Crippen molar-refractivity contribution in [3.8, 4) is 17.2 Å². The molecule has 2 aromatic carbocycles. The zero-order valence-corrected chi connectivity index (χ0v) is 15.1. The Morgan fingerprint density at radius 1 is 1.21 bits per heavy atom. The number of carbonyl (C=O) groups is 1. The molecule has 0 saturated carbocycles. The van der Waals surface area contributed by atoms with Gasteiger partial charge in [-0.25, -0.2) is 9.37 Å². The molecule has 0 saturated heterocycles. The van der Waals surface area contributed by atoms with Gasteiger partial charge in [-0.1, -0.05) is 12.1 Å². The first-order valence-corrected chi connectivity index (χ1v) is 8.45. The fraction of sp³-hybridized carbons (Fsp3) is 0.158. The minimum atomic E-state index is -0.300. The van der Waals surface area contributed by atoms with Crippen molar-refractivity contribution in [3.63, 3.8) is 0 Å². The number of halogens is 1. The number of benzene rings is 2. The molecule has 4 aromatic rings. The van der Waals surface area contributed by atoms with Gasteiger partial charge in [0, 0.05) is 6.92 Å². The molecule has 0 aliphatic heterocycles. The summed E-state index contributed by atoms with van der Waals surface area (Å²) in [7, 11) is 1.51. The van der Waals surface area contributed by atoms with Gasteiger partial charge >= 0.3 is 0 Å². The summed E-state index contributed by atoms with van der Waals surface area (Å²) in [4.78, 5) is 18.6. The maximum absolute atomic E-state index is 13.0. The van der Waals surface area contributed by atoms with E-state index >= 15 is 0 Å². The second kappa shape index (κ2) is 7.10. The molecule has 0 unspecified atom stereocenters. The van der Waals surface area contributed by atoms with Gasteiger partial charge in [-0.3, -0.25) is 10.1 Å². The van der Waals surface area contributed by atoms with Crippen LogP contribution in [0.25, 0.3) is 22.5 Å². The number of aromatic nitrogens is 4. The number of aromatic amines is 1. The van der Waals surface area contributed by atoms with Crippen LogP contribution in [0, 0.1) is 5.82 Å². The van der Waals surface area contributed by atoms with Gasteiger partial charge in [0.1, 0.15) is 11.3 Å². The number of hydrogen-bond donors (Lipinski definition) is 2. The zero-order chi connectivity index (χ0) is 19.7. The van der Waals surface area contributed by atoms with E-state index in [1.165, 1.54) is 26.2 Å². The van der Waals surface area contributed by atoms with Crippen molar-refractivity contribution < 1.29 is 18.3 Å². The van der Waals surface area contributed by atoms with Crippen molar-refractivity contribution in [2.24, 2.45) is 0 Å². The summed E-state index contributed by atoms with van der Waals surface area (Å²) in [6, 6.07) is 9.65. The van der Waals surface area contributed by atoms with E-state index in [2.05, 4.69) is 25.5 Å². The molecule has 2 aromatic heterocycles. The fourth-order valence-electron chi connectivity index (χ4n) is 2.86. The number of nitrogens with one attached hydrogen (secondary N) is 2. The summed E-state index contributed by atoms with van der Waals surface area (Å²) in [5.74, 6) is 0.902. The summed E-state index contributed by atoms with van der Waals surface area (Å²) in [6.07, 6.45) is 0.382. The monoisotopic (exact) mass is 381 g/mol. The van der Waals surface area contributed by atoms with Crippen molar-refractivity contribution in [3.05, 3.63) is 53.7 Å². The number of carbonyl (C=O) groups excluding carboxylic acids is 1. The highest BCUT2D eigenvalue weighted by Crippen LogP contribution is 2.35. The summed E-state index contributed by atoms with van der Waals surface area (Å²) >= 11 is 0. The molecule has 2 heterocycles. The van der Waals surface area contributed by atoms with Gasteiger partial charge in [0.05, 0.1) is 24.6 Å². The smallest absolute Gasteiger partial charge is 0.251 e. The number of anilines is 1. The Morgan fingerprint density at radius 3 is 2.71 bits per heavy atom. The average Bonchev–Trinajstić information content (AvgIpc) is 3.28. The number of amides is 1. The normalized spacial score (nSPS) is 11.0. The Labute approximate surface area is 158 Å². The minimum absolute atomic E-state index is 0.236. The van der Waals surface area contributed by atoms with Crippen molar-refractivity contribution in [1.82, 2.24) is 20.2 Å². The van der Waals surface area contributed by atoms with Crippen LogP contribution in [0.4, 0.5) is 10.3 Å². The zero-order valence-electron chi connectivity index (χ0n) is 15.1. The van der Waals surface area contributed by atoms with E-state index in [9.17, 15) is 9.18 Å². The van der Waals surface area contributed by atoms with Crippen molar-refractivity contribution in [1.29, 1.82) is 0 Å². The number of imidazole rings is 1. The van der Waals surface area contributed by atoms with Crippen LogP contribution in [0.1, 0.15) is 18.4 Å². The van der Waals surface area contributed by atoms with Gasteiger partial charge in [-0.05, 0) is 29.8 Å². The fourth-order valence-corrected chi connectivity index (χ4v) is 2.86. The third-order valence-electron chi connectivity index (χ3n) is 4.07. The topological polar surface area (TPSA) is 106 Å². The average molecular weight is 381 g/mol. The van der Waals surface area contributed by atoms with Crippen LogP contribution in [-0.2, 0) is 11.2 Å². The number of ether oxygens (including phenoxy) is 1. The van der Waals surface area contributed by atoms with Crippen LogP contribution in [0.15, 0.2) is 40.8 Å². The molecule has 0 aliphatic carbocycles. The summed E-state index contributed by atoms with van der Waals surface area (Å²) < 4.78 is 24.3. The van der Waals surface area contributed by atoms with E-state index in [4.69, 9.17) is 9.15 Å². The lowest BCUT2D eigenvalue weighted by Gasteiger charge is -2.05. The lowest BCUT2D eigenvalue weighted by atomic mass is 10.1. The maximum atomic E-state index is 13.0. The van der Waals surface area contributed by atoms with E-state index in [1.54, 1.807) is 24.3 Å². The van der Waals surface area contributed by atoms with Gasteiger partial charge in [-0.15, -0.1) is 10.2 Å². The summed E-state index contributed by atoms with van der Waals surface area (Å²) in [5, 5.41) is 10.8. The number of H-pyrrole nitrogens is 1. The van der Waals surface area contributed by atoms with Gasteiger partial charge in [-0.2, -0.15) is 0 Å². The van der Waals surface area contributed by atoms with Gasteiger partial charge in [0.2, 0.25) is 17.7 Å². The van der Waals surface area contributed by atoms with Gasteiger partial charge in [0.15, 0.2) is 5.75 Å². The molecule has 28 heavy (non-hydrogen) atoms. The van der Waals surface area contributed by atoms with Crippen LogP contribution in [0.3, 0.4) is 0 Å². The second-order valence-electron chi connectivity index (χ2n) is 6.11. The Kier molecular flexibility index (Phi) is 4.48. The maximum Gasteiger partial charge on any atom is 0.251 e. The molecule has 0 bridgehead atoms. The molecule has 0 atom stereocenters. The molecule has 9 heteroatoms. The molecule has 2 N–H and O–H groups in total. The molecule has 142 valence electrons. The summed E-state index contributed by atoms with van der Waals surface area (Å²) in [6.45, 7) is 1.40. The van der Waals surface area contributed by atoms with Crippen LogP contribution in [0.5, 0.6) is 5.75 Å². The molecule has 0 spiro atoms. The standard InChI is InChI=1S/C19H16FN5O3/c1-10(26)21-19-22-14-8-7-13(17(27-2)16(14)23-19)18-25-24-15(28-18)9-11-3-5-12(20)6-4-11/h3-8H,9H2,1-2H3,(H2,21,22,23,26). The van der Waals surface area contributed by atoms with Crippen molar-refractivity contribution in [2.45, 2.75) is 13.3 Å². The second-order valence-corrected chi connectivity index (χ2v) is 6.11. The van der Waals surface area contributed by atoms with E-state index < -0.39 is 0 Å². The molecule has 1 amide bonds. The quantitative estimate of drug-likeness (QED) is 0.549. The first kappa shape index (κ1) is 17.7. The predicted octanol–water partition coefficient (Wildman–Crippen LogP) is 3.31. The van der Waals surface area contributed by atoms with Crippen LogP contribution < -0.4 is 10.1 Å². The number of nitrogens with zero attached hydrogens (tertiary/aromatic N) is 3. The highest BCUT2D eigenvalue weighted by molar-refractivity contribution is 5.93. The molecule has 0 radical (unpaired) electrons. The Bertz CT molecular complexity index is 1150. The molecule has 0 fully saturated rings. The highest BCUT2D eigenvalue weighted by Gasteiger charge is 2.19. The van der Waals surface area contributed by atoms with E-state index in [1.807, 2.05) is 0 Å². The lowest BCUT2D eigenvalue weighted by molar-refractivity contribution is -0.114. The largest absolute Gasteiger partial charge is 0.494 e. The first-order chi connectivity index (χ1) is 13.5. The van der Waals surface area contributed by atoms with Crippen molar-refractivity contribution in [2.75, 3.05) is 12.4 Å². The van der Waals surface area contributed by atoms with E-state index in [0.29, 0.717) is 40.6 Å². The minimum Gasteiger partial charge on any atom is -0.494 e. The van der Waals surface area contributed by atoms with Crippen LogP contribution >= 0.6 is 0 Å². The van der Waals surface area contributed by atoms with E-state index in [0.717, 1.165) is 5.56 Å². The lowest BCUT2D eigenvalue weighted by Crippen LogP contribution is -2.06. The molecular formula is C19H16FN5O3. The van der Waals surface area contributed by atoms with Gasteiger partial charge < -0.3 is 14.1 Å². The molecule has 8 nitrogen and oxygen atoms in total. The molecule has 4 rings (SSSR count). The Morgan fingerprint density at radius 2 is 2.00 bits per heavy atom.